The first-order chi connectivity index (χ1) is 19.4. The Hall–Kier alpha value is -5.18. The molecule has 5 rings (SSSR count). The van der Waals surface area contributed by atoms with Crippen LogP contribution in [0.2, 0.25) is 0 Å². The molecule has 0 fully saturated rings. The maximum atomic E-state index is 13.4. The average Bonchev–Trinajstić information content (AvgIpc) is 3.23. The zero-order valence-electron chi connectivity index (χ0n) is 22.3. The predicted molar refractivity (Wildman–Crippen MR) is 146 cm³/mol. The van der Waals surface area contributed by atoms with Gasteiger partial charge in [-0.3, -0.25) is 14.4 Å². The third-order valence-corrected chi connectivity index (χ3v) is 7.27. The summed E-state index contributed by atoms with van der Waals surface area (Å²) in [4.78, 5) is 38.9. The van der Waals surface area contributed by atoms with Crippen LogP contribution in [0, 0.1) is 12.7 Å². The number of carbonyl (C=O) groups excluding carboxylic acids is 3. The lowest BCUT2D eigenvalue weighted by Gasteiger charge is -2.28. The van der Waals surface area contributed by atoms with Gasteiger partial charge in [-0.05, 0) is 62.2 Å². The molecule has 8 nitrogen and oxygen atoms in total. The summed E-state index contributed by atoms with van der Waals surface area (Å²) in [6, 6.07) is 12.8. The SMILES string of the molecule is CC(=O)C1=C(O)C=C2Oc3c(C(=O)/C=C/c4ccc(OCc5ccc(F)cc5)cc4)c(O)c(C)c(O)c3[C@]2(C)C1=O. The molecule has 1 aliphatic heterocycles. The lowest BCUT2D eigenvalue weighted by Crippen LogP contribution is -2.38. The van der Waals surface area contributed by atoms with Crippen molar-refractivity contribution >= 4 is 23.4 Å². The minimum atomic E-state index is -1.70. The molecule has 0 bridgehead atoms. The van der Waals surface area contributed by atoms with Crippen molar-refractivity contribution in [2.75, 3.05) is 0 Å². The van der Waals surface area contributed by atoms with E-state index in [4.69, 9.17) is 9.47 Å². The van der Waals surface area contributed by atoms with Gasteiger partial charge in [-0.1, -0.05) is 30.3 Å². The number of benzene rings is 3. The Morgan fingerprint density at radius 2 is 1.68 bits per heavy atom. The van der Waals surface area contributed by atoms with Gasteiger partial charge in [0.15, 0.2) is 17.3 Å². The van der Waals surface area contributed by atoms with Crippen molar-refractivity contribution in [1.82, 2.24) is 0 Å². The molecule has 0 saturated carbocycles. The van der Waals surface area contributed by atoms with Crippen molar-refractivity contribution < 1.29 is 43.6 Å². The van der Waals surface area contributed by atoms with Gasteiger partial charge in [0.2, 0.25) is 0 Å². The molecule has 1 heterocycles. The summed E-state index contributed by atoms with van der Waals surface area (Å²) in [6.45, 7) is 4.18. The molecule has 0 spiro atoms. The van der Waals surface area contributed by atoms with Crippen molar-refractivity contribution in [1.29, 1.82) is 0 Å². The van der Waals surface area contributed by atoms with Crippen LogP contribution in [0.5, 0.6) is 23.0 Å². The van der Waals surface area contributed by atoms with Crippen LogP contribution in [0.1, 0.15) is 46.5 Å². The lowest BCUT2D eigenvalue weighted by atomic mass is 9.71. The van der Waals surface area contributed by atoms with Gasteiger partial charge in [0.05, 0.1) is 5.56 Å². The van der Waals surface area contributed by atoms with Crippen molar-refractivity contribution in [2.45, 2.75) is 32.8 Å². The highest BCUT2D eigenvalue weighted by Gasteiger charge is 2.55. The Morgan fingerprint density at radius 1 is 1.02 bits per heavy atom. The Morgan fingerprint density at radius 3 is 2.32 bits per heavy atom. The fourth-order valence-electron chi connectivity index (χ4n) is 4.94. The monoisotopic (exact) mass is 556 g/mol. The number of aliphatic hydroxyl groups excluding tert-OH is 1. The van der Waals surface area contributed by atoms with Crippen LogP contribution < -0.4 is 9.47 Å². The maximum Gasteiger partial charge on any atom is 0.193 e. The third-order valence-electron chi connectivity index (χ3n) is 7.27. The van der Waals surface area contributed by atoms with Crippen molar-refractivity contribution in [3.63, 3.8) is 0 Å². The first kappa shape index (κ1) is 27.4. The van der Waals surface area contributed by atoms with E-state index in [-0.39, 0.29) is 40.6 Å². The summed E-state index contributed by atoms with van der Waals surface area (Å²) in [5.74, 6) is -3.79. The van der Waals surface area contributed by atoms with Crippen LogP contribution in [-0.2, 0) is 21.6 Å². The number of rotatable bonds is 7. The van der Waals surface area contributed by atoms with Crippen LogP contribution in [0.15, 0.2) is 77.8 Å². The van der Waals surface area contributed by atoms with Crippen molar-refractivity contribution in [2.24, 2.45) is 0 Å². The number of hydrogen-bond donors (Lipinski definition) is 3. The Kier molecular flexibility index (Phi) is 6.74. The fourth-order valence-corrected chi connectivity index (χ4v) is 4.94. The van der Waals surface area contributed by atoms with E-state index in [0.29, 0.717) is 11.3 Å². The fraction of sp³-hybridized carbons (Fsp3) is 0.156. The van der Waals surface area contributed by atoms with Gasteiger partial charge in [-0.15, -0.1) is 0 Å². The van der Waals surface area contributed by atoms with Gasteiger partial charge in [-0.25, -0.2) is 4.39 Å². The Labute approximate surface area is 234 Å². The van der Waals surface area contributed by atoms with Crippen LogP contribution in [0.3, 0.4) is 0 Å². The van der Waals surface area contributed by atoms with Crippen molar-refractivity contribution in [3.8, 4) is 23.0 Å². The zero-order valence-corrected chi connectivity index (χ0v) is 22.3. The Bertz CT molecular complexity index is 1710. The normalized spacial score (nSPS) is 17.7. The molecular formula is C32H25FO8. The van der Waals surface area contributed by atoms with Crippen LogP contribution >= 0.6 is 0 Å². The van der Waals surface area contributed by atoms with E-state index in [1.54, 1.807) is 36.4 Å². The Balaban J connectivity index is 1.43. The molecule has 1 aliphatic carbocycles. The molecule has 208 valence electrons. The van der Waals surface area contributed by atoms with E-state index < -0.39 is 45.6 Å². The highest BCUT2D eigenvalue weighted by molar-refractivity contribution is 6.26. The number of hydrogen-bond acceptors (Lipinski definition) is 8. The molecule has 1 atom stereocenters. The topological polar surface area (TPSA) is 130 Å². The molecule has 0 unspecified atom stereocenters. The summed E-state index contributed by atoms with van der Waals surface area (Å²) < 4.78 is 24.6. The standard InChI is InChI=1S/C32H25FO8/c1-16-28(37)26(30-27(29(16)38)32(3)24(41-30)14-23(36)25(17(2)34)31(32)39)22(35)13-8-18-6-11-21(12-7-18)40-15-19-4-9-20(33)10-5-19/h4-14,36-38H,15H2,1-3H3/b13-8+/t32-/m1/s1. The number of phenolic OH excluding ortho intramolecular Hbond substituents is 2. The van der Waals surface area contributed by atoms with E-state index in [1.807, 2.05) is 0 Å². The summed E-state index contributed by atoms with van der Waals surface area (Å²) >= 11 is 0. The quantitative estimate of drug-likeness (QED) is 0.197. The number of fused-ring (bicyclic) bond motifs is 3. The molecule has 3 aromatic rings. The maximum absolute atomic E-state index is 13.4. The lowest BCUT2D eigenvalue weighted by molar-refractivity contribution is -0.123. The third kappa shape index (κ3) is 4.55. The number of halogens is 1. The number of aromatic hydroxyl groups is 2. The molecule has 0 amide bonds. The van der Waals surface area contributed by atoms with Crippen LogP contribution in [-0.4, -0.2) is 32.7 Å². The van der Waals surface area contributed by atoms with Gasteiger partial charge >= 0.3 is 0 Å². The highest BCUT2D eigenvalue weighted by atomic mass is 19.1. The van der Waals surface area contributed by atoms with Gasteiger partial charge in [-0.2, -0.15) is 0 Å². The largest absolute Gasteiger partial charge is 0.507 e. The number of carbonyl (C=O) groups is 3. The summed E-state index contributed by atoms with van der Waals surface area (Å²) in [5, 5.41) is 32.1. The summed E-state index contributed by atoms with van der Waals surface area (Å²) in [7, 11) is 0. The summed E-state index contributed by atoms with van der Waals surface area (Å²) in [5.41, 5.74) is -1.11. The van der Waals surface area contributed by atoms with Crippen LogP contribution in [0.25, 0.3) is 6.08 Å². The second kappa shape index (κ2) is 10.1. The minimum Gasteiger partial charge on any atom is -0.507 e. The molecule has 9 heteroatoms. The first-order valence-electron chi connectivity index (χ1n) is 12.6. The molecule has 0 aromatic heterocycles. The minimum absolute atomic E-state index is 0.0508. The molecule has 0 saturated heterocycles. The van der Waals surface area contributed by atoms with Crippen molar-refractivity contribution in [3.05, 3.63) is 111 Å². The van der Waals surface area contributed by atoms with Gasteiger partial charge in [0.25, 0.3) is 0 Å². The van der Waals surface area contributed by atoms with E-state index in [1.165, 1.54) is 38.1 Å². The predicted octanol–water partition coefficient (Wildman–Crippen LogP) is 5.54. The van der Waals surface area contributed by atoms with Gasteiger partial charge in [0, 0.05) is 11.6 Å². The molecule has 0 radical (unpaired) electrons. The second-order valence-electron chi connectivity index (χ2n) is 9.96. The van der Waals surface area contributed by atoms with Crippen LogP contribution in [0.4, 0.5) is 4.39 Å². The zero-order chi connectivity index (χ0) is 29.6. The van der Waals surface area contributed by atoms with E-state index in [2.05, 4.69) is 0 Å². The number of ketones is 3. The number of allylic oxidation sites excluding steroid dienone is 4. The molecule has 3 N–H and O–H groups in total. The summed E-state index contributed by atoms with van der Waals surface area (Å²) in [6.07, 6.45) is 3.82. The van der Waals surface area contributed by atoms with E-state index >= 15 is 0 Å². The van der Waals surface area contributed by atoms with Gasteiger partial charge in [0.1, 0.15) is 63.5 Å². The first-order valence-corrected chi connectivity index (χ1v) is 12.6. The second-order valence-corrected chi connectivity index (χ2v) is 9.96. The average molecular weight is 557 g/mol. The molecule has 3 aromatic carbocycles. The number of Topliss-reactive ketones (excluding diaryl/α,β-unsaturated/α-hetero) is 2. The number of ether oxygens (including phenoxy) is 2. The van der Waals surface area contributed by atoms with Gasteiger partial charge < -0.3 is 24.8 Å². The molecular weight excluding hydrogens is 531 g/mol. The molecule has 41 heavy (non-hydrogen) atoms. The number of phenols is 2. The number of aliphatic hydroxyl groups is 1. The smallest absolute Gasteiger partial charge is 0.193 e. The molecule has 2 aliphatic rings. The van der Waals surface area contributed by atoms with E-state index in [0.717, 1.165) is 18.6 Å². The highest BCUT2D eigenvalue weighted by Crippen LogP contribution is 2.57. The van der Waals surface area contributed by atoms with E-state index in [9.17, 15) is 34.1 Å².